The van der Waals surface area contributed by atoms with Crippen molar-refractivity contribution in [1.82, 2.24) is 5.32 Å². The molecule has 1 aromatic carbocycles. The molecule has 2 saturated heterocycles. The van der Waals surface area contributed by atoms with Gasteiger partial charge in [-0.1, -0.05) is 0 Å². The zero-order chi connectivity index (χ0) is 15.9. The molecular formula is C15H16F2N2O3. The standard InChI is InChI=1S/C15H16F2N2O3/c16-11-3-9(19-5-8(6-19)7-20)4-12(17)14(11)10-1-2-13(21)18-15(10)22/h3-4,8,10,20H,1-2,5-7H2,(H,18,21,22)/t10-/m1/s1. The van der Waals surface area contributed by atoms with Gasteiger partial charge in [-0.15, -0.1) is 0 Å². The van der Waals surface area contributed by atoms with Crippen LogP contribution in [0.25, 0.3) is 0 Å². The van der Waals surface area contributed by atoms with Crippen LogP contribution >= 0.6 is 0 Å². The van der Waals surface area contributed by atoms with E-state index in [0.717, 1.165) is 0 Å². The van der Waals surface area contributed by atoms with Crippen LogP contribution in [0.5, 0.6) is 0 Å². The Kier molecular flexibility index (Phi) is 3.82. The van der Waals surface area contributed by atoms with Gasteiger partial charge in [0.2, 0.25) is 11.8 Å². The molecule has 0 saturated carbocycles. The highest BCUT2D eigenvalue weighted by molar-refractivity contribution is 6.01. The molecule has 0 aliphatic carbocycles. The summed E-state index contributed by atoms with van der Waals surface area (Å²) in [7, 11) is 0. The lowest BCUT2D eigenvalue weighted by Gasteiger charge is -2.40. The fourth-order valence-electron chi connectivity index (χ4n) is 2.95. The maximum Gasteiger partial charge on any atom is 0.234 e. The molecule has 1 atom stereocenters. The van der Waals surface area contributed by atoms with E-state index in [9.17, 15) is 18.4 Å². The largest absolute Gasteiger partial charge is 0.396 e. The van der Waals surface area contributed by atoms with Crippen LogP contribution < -0.4 is 10.2 Å². The summed E-state index contributed by atoms with van der Waals surface area (Å²) in [6.45, 7) is 1.15. The molecule has 2 N–H and O–H groups in total. The first kappa shape index (κ1) is 14.9. The Morgan fingerprint density at radius 2 is 1.86 bits per heavy atom. The zero-order valence-corrected chi connectivity index (χ0v) is 11.8. The lowest BCUT2D eigenvalue weighted by molar-refractivity contribution is -0.134. The van der Waals surface area contributed by atoms with E-state index in [1.54, 1.807) is 4.90 Å². The number of nitrogens with one attached hydrogen (secondary N) is 1. The predicted octanol–water partition coefficient (Wildman–Crippen LogP) is 0.913. The Morgan fingerprint density at radius 1 is 1.23 bits per heavy atom. The molecule has 0 aromatic heterocycles. The first-order valence-corrected chi connectivity index (χ1v) is 7.18. The maximum absolute atomic E-state index is 14.3. The van der Waals surface area contributed by atoms with Gasteiger partial charge >= 0.3 is 0 Å². The quantitative estimate of drug-likeness (QED) is 0.814. The van der Waals surface area contributed by atoms with Crippen LogP contribution in [0.4, 0.5) is 14.5 Å². The topological polar surface area (TPSA) is 69.6 Å². The molecule has 22 heavy (non-hydrogen) atoms. The molecule has 118 valence electrons. The summed E-state index contributed by atoms with van der Waals surface area (Å²) >= 11 is 0. The Hall–Kier alpha value is -2.02. The summed E-state index contributed by atoms with van der Waals surface area (Å²) in [6, 6.07) is 2.41. The Labute approximate surface area is 125 Å². The molecule has 2 heterocycles. The van der Waals surface area contributed by atoms with Crippen LogP contribution in [0.2, 0.25) is 0 Å². The van der Waals surface area contributed by atoms with Gasteiger partial charge in [-0.25, -0.2) is 8.78 Å². The van der Waals surface area contributed by atoms with Gasteiger partial charge in [0.15, 0.2) is 0 Å². The van der Waals surface area contributed by atoms with Gasteiger partial charge in [0.25, 0.3) is 0 Å². The molecule has 0 bridgehead atoms. The average Bonchev–Trinajstić information content (AvgIpc) is 2.39. The van der Waals surface area contributed by atoms with Gasteiger partial charge < -0.3 is 10.0 Å². The van der Waals surface area contributed by atoms with E-state index in [0.29, 0.717) is 18.8 Å². The van der Waals surface area contributed by atoms with Crippen molar-refractivity contribution >= 4 is 17.5 Å². The molecule has 2 aliphatic rings. The predicted molar refractivity (Wildman–Crippen MR) is 74.3 cm³/mol. The van der Waals surface area contributed by atoms with Crippen LogP contribution in [-0.2, 0) is 9.59 Å². The minimum Gasteiger partial charge on any atom is -0.396 e. The summed E-state index contributed by atoms with van der Waals surface area (Å²) < 4.78 is 28.6. The monoisotopic (exact) mass is 310 g/mol. The third kappa shape index (κ3) is 2.56. The van der Waals surface area contributed by atoms with Gasteiger partial charge in [-0.05, 0) is 18.6 Å². The molecular weight excluding hydrogens is 294 g/mol. The summed E-state index contributed by atoms with van der Waals surface area (Å²) in [5, 5.41) is 11.1. The number of halogens is 2. The Bertz CT molecular complexity index is 606. The number of imide groups is 1. The molecule has 0 radical (unpaired) electrons. The van der Waals surface area contributed by atoms with E-state index in [1.165, 1.54) is 12.1 Å². The van der Waals surface area contributed by atoms with Crippen LogP contribution in [0, 0.1) is 17.6 Å². The average molecular weight is 310 g/mol. The number of amides is 2. The SMILES string of the molecule is O=C1CC[C@H](c2c(F)cc(N3CC(CO)C3)cc2F)C(=O)N1. The summed E-state index contributed by atoms with van der Waals surface area (Å²) in [6.07, 6.45) is 0.176. The second-order valence-corrected chi connectivity index (χ2v) is 5.78. The number of carbonyl (C=O) groups is 2. The van der Waals surface area contributed by atoms with E-state index in [4.69, 9.17) is 5.11 Å². The number of carbonyl (C=O) groups excluding carboxylic acids is 2. The number of hydrogen-bond acceptors (Lipinski definition) is 4. The maximum atomic E-state index is 14.3. The third-order valence-electron chi connectivity index (χ3n) is 4.23. The van der Waals surface area contributed by atoms with E-state index in [-0.39, 0.29) is 30.9 Å². The summed E-state index contributed by atoms with van der Waals surface area (Å²) in [4.78, 5) is 24.7. The van der Waals surface area contributed by atoms with Crippen LogP contribution in [0.3, 0.4) is 0 Å². The second kappa shape index (κ2) is 5.64. The molecule has 7 heteroatoms. The Morgan fingerprint density at radius 3 is 2.41 bits per heavy atom. The fourth-order valence-corrected chi connectivity index (χ4v) is 2.95. The molecule has 0 spiro atoms. The van der Waals surface area contributed by atoms with Crippen molar-refractivity contribution in [1.29, 1.82) is 0 Å². The number of nitrogens with zero attached hydrogens (tertiary/aromatic N) is 1. The summed E-state index contributed by atoms with van der Waals surface area (Å²) in [5.74, 6) is -3.50. The molecule has 0 unspecified atom stereocenters. The molecule has 2 fully saturated rings. The zero-order valence-electron chi connectivity index (χ0n) is 11.8. The molecule has 1 aromatic rings. The third-order valence-corrected chi connectivity index (χ3v) is 4.23. The number of aliphatic hydroxyl groups excluding tert-OH is 1. The number of aliphatic hydroxyl groups is 1. The van der Waals surface area contributed by atoms with Gasteiger partial charge in [-0.3, -0.25) is 14.9 Å². The number of rotatable bonds is 3. The van der Waals surface area contributed by atoms with Gasteiger partial charge in [-0.2, -0.15) is 0 Å². The lowest BCUT2D eigenvalue weighted by Crippen LogP contribution is -2.48. The highest BCUT2D eigenvalue weighted by Crippen LogP contribution is 2.33. The van der Waals surface area contributed by atoms with Crippen LogP contribution in [0.15, 0.2) is 12.1 Å². The van der Waals surface area contributed by atoms with Gasteiger partial charge in [0, 0.05) is 43.3 Å². The molecule has 5 nitrogen and oxygen atoms in total. The van der Waals surface area contributed by atoms with E-state index < -0.39 is 29.4 Å². The fraction of sp³-hybridized carbons (Fsp3) is 0.467. The molecule has 2 amide bonds. The molecule has 3 rings (SSSR count). The van der Waals surface area contributed by atoms with E-state index in [1.807, 2.05) is 0 Å². The minimum absolute atomic E-state index is 0.0514. The Balaban J connectivity index is 1.84. The smallest absolute Gasteiger partial charge is 0.234 e. The van der Waals surface area contributed by atoms with Crippen molar-refractivity contribution < 1.29 is 23.5 Å². The second-order valence-electron chi connectivity index (χ2n) is 5.78. The highest BCUT2D eigenvalue weighted by Gasteiger charge is 2.34. The minimum atomic E-state index is -0.978. The van der Waals surface area contributed by atoms with Crippen LogP contribution in [-0.4, -0.2) is 36.6 Å². The summed E-state index contributed by atoms with van der Waals surface area (Å²) in [5.41, 5.74) is 0.115. The normalized spacial score (nSPS) is 22.5. The van der Waals surface area contributed by atoms with Crippen molar-refractivity contribution in [2.45, 2.75) is 18.8 Å². The number of anilines is 1. The van der Waals surface area contributed by atoms with Gasteiger partial charge in [0.1, 0.15) is 11.6 Å². The molecule has 2 aliphatic heterocycles. The van der Waals surface area contributed by atoms with E-state index in [2.05, 4.69) is 5.32 Å². The van der Waals surface area contributed by atoms with Crippen molar-refractivity contribution in [3.05, 3.63) is 29.3 Å². The van der Waals surface area contributed by atoms with Crippen LogP contribution in [0.1, 0.15) is 24.3 Å². The van der Waals surface area contributed by atoms with E-state index >= 15 is 0 Å². The van der Waals surface area contributed by atoms with Crippen molar-refractivity contribution in [2.75, 3.05) is 24.6 Å². The van der Waals surface area contributed by atoms with Gasteiger partial charge in [0.05, 0.1) is 5.92 Å². The van der Waals surface area contributed by atoms with Crippen molar-refractivity contribution in [3.63, 3.8) is 0 Å². The lowest BCUT2D eigenvalue weighted by atomic mass is 9.89. The number of piperidine rings is 1. The highest BCUT2D eigenvalue weighted by atomic mass is 19.1. The van der Waals surface area contributed by atoms with Crippen molar-refractivity contribution in [2.24, 2.45) is 5.92 Å². The number of hydrogen-bond donors (Lipinski definition) is 2. The van der Waals surface area contributed by atoms with Crippen molar-refractivity contribution in [3.8, 4) is 0 Å². The first-order valence-electron chi connectivity index (χ1n) is 7.18. The first-order chi connectivity index (χ1) is 10.5. The number of benzene rings is 1.